The molecule has 86 valence electrons. The lowest BCUT2D eigenvalue weighted by Gasteiger charge is -1.95. The van der Waals surface area contributed by atoms with E-state index in [9.17, 15) is 0 Å². The van der Waals surface area contributed by atoms with Crippen molar-refractivity contribution in [3.05, 3.63) is 36.2 Å². The zero-order valence-corrected chi connectivity index (χ0v) is 10.2. The van der Waals surface area contributed by atoms with Gasteiger partial charge in [0, 0.05) is 12.3 Å². The lowest BCUT2D eigenvalue weighted by molar-refractivity contribution is 0.833. The average Bonchev–Trinajstić information content (AvgIpc) is 2.38. The van der Waals surface area contributed by atoms with Gasteiger partial charge in [-0.1, -0.05) is 18.1 Å². The van der Waals surface area contributed by atoms with Crippen LogP contribution in [0.4, 0.5) is 0 Å². The summed E-state index contributed by atoms with van der Waals surface area (Å²) < 4.78 is 0. The van der Waals surface area contributed by atoms with Crippen molar-refractivity contribution in [2.24, 2.45) is 0 Å². The van der Waals surface area contributed by atoms with Crippen molar-refractivity contribution >= 4 is 22.6 Å². The van der Waals surface area contributed by atoms with E-state index in [1.807, 2.05) is 24.3 Å². The van der Waals surface area contributed by atoms with Crippen LogP contribution in [0.5, 0.6) is 0 Å². The summed E-state index contributed by atoms with van der Waals surface area (Å²) >= 11 is 5.59. The quantitative estimate of drug-likeness (QED) is 0.470. The van der Waals surface area contributed by atoms with Gasteiger partial charge in [0.05, 0.1) is 17.2 Å². The Morgan fingerprint density at radius 1 is 1.12 bits per heavy atom. The standard InChI is InChI=1S/C14H13ClN2/c15-10-6-2-1-3-7-12-11-16-13-8-4-5-9-14(13)17-12/h4-5,8-9,11H,1-2,6,10H2. The van der Waals surface area contributed by atoms with Crippen LogP contribution >= 0.6 is 11.6 Å². The average molecular weight is 245 g/mol. The molecule has 0 bridgehead atoms. The van der Waals surface area contributed by atoms with Crippen LogP contribution in [-0.4, -0.2) is 15.8 Å². The number of rotatable bonds is 3. The minimum absolute atomic E-state index is 0.706. The Labute approximate surface area is 106 Å². The van der Waals surface area contributed by atoms with Gasteiger partial charge in [-0.15, -0.1) is 11.6 Å². The van der Waals surface area contributed by atoms with E-state index in [1.54, 1.807) is 6.20 Å². The molecule has 0 saturated heterocycles. The van der Waals surface area contributed by atoms with Crippen molar-refractivity contribution < 1.29 is 0 Å². The number of aromatic nitrogens is 2. The van der Waals surface area contributed by atoms with E-state index in [-0.39, 0.29) is 0 Å². The molecule has 1 aromatic carbocycles. The van der Waals surface area contributed by atoms with Gasteiger partial charge in [-0.25, -0.2) is 4.98 Å². The Balaban J connectivity index is 2.08. The molecular formula is C14H13ClN2. The van der Waals surface area contributed by atoms with Gasteiger partial charge in [0.25, 0.3) is 0 Å². The normalized spacial score (nSPS) is 9.94. The third kappa shape index (κ3) is 3.44. The molecule has 3 heteroatoms. The predicted molar refractivity (Wildman–Crippen MR) is 71.0 cm³/mol. The van der Waals surface area contributed by atoms with Gasteiger partial charge >= 0.3 is 0 Å². The first-order chi connectivity index (χ1) is 8.40. The van der Waals surface area contributed by atoms with Gasteiger partial charge in [0.15, 0.2) is 0 Å². The zero-order valence-electron chi connectivity index (χ0n) is 9.49. The maximum absolute atomic E-state index is 5.59. The molecular weight excluding hydrogens is 232 g/mol. The van der Waals surface area contributed by atoms with Crippen LogP contribution in [0.1, 0.15) is 25.0 Å². The molecule has 0 unspecified atom stereocenters. The van der Waals surface area contributed by atoms with Gasteiger partial charge in [-0.05, 0) is 30.9 Å². The fraction of sp³-hybridized carbons (Fsp3) is 0.286. The van der Waals surface area contributed by atoms with Gasteiger partial charge < -0.3 is 0 Å². The number of para-hydroxylation sites is 2. The van der Waals surface area contributed by atoms with E-state index in [2.05, 4.69) is 21.8 Å². The molecule has 2 aromatic rings. The third-order valence-electron chi connectivity index (χ3n) is 2.35. The lowest BCUT2D eigenvalue weighted by atomic mass is 10.2. The highest BCUT2D eigenvalue weighted by Crippen LogP contribution is 2.07. The SMILES string of the molecule is ClCCCCC#Cc1cnc2ccccc2n1. The molecule has 1 aromatic heterocycles. The molecule has 0 atom stereocenters. The fourth-order valence-corrected chi connectivity index (χ4v) is 1.67. The molecule has 0 spiro atoms. The number of alkyl halides is 1. The lowest BCUT2D eigenvalue weighted by Crippen LogP contribution is -1.87. The number of hydrogen-bond donors (Lipinski definition) is 0. The van der Waals surface area contributed by atoms with Crippen LogP contribution in [0.2, 0.25) is 0 Å². The summed E-state index contributed by atoms with van der Waals surface area (Å²) in [4.78, 5) is 8.74. The molecule has 17 heavy (non-hydrogen) atoms. The van der Waals surface area contributed by atoms with E-state index < -0.39 is 0 Å². The topological polar surface area (TPSA) is 25.8 Å². The zero-order chi connectivity index (χ0) is 11.9. The molecule has 2 rings (SSSR count). The van der Waals surface area contributed by atoms with Crippen LogP contribution in [-0.2, 0) is 0 Å². The molecule has 0 N–H and O–H groups in total. The number of benzene rings is 1. The predicted octanol–water partition coefficient (Wildman–Crippen LogP) is 3.39. The van der Waals surface area contributed by atoms with Gasteiger partial charge in [-0.3, -0.25) is 4.98 Å². The summed E-state index contributed by atoms with van der Waals surface area (Å²) in [6.45, 7) is 0. The number of unbranched alkanes of at least 4 members (excludes halogenated alkanes) is 2. The summed E-state index contributed by atoms with van der Waals surface area (Å²) in [6.07, 6.45) is 4.63. The Hall–Kier alpha value is -1.59. The fourth-order valence-electron chi connectivity index (χ4n) is 1.48. The van der Waals surface area contributed by atoms with Gasteiger partial charge in [-0.2, -0.15) is 0 Å². The maximum Gasteiger partial charge on any atom is 0.132 e. The van der Waals surface area contributed by atoms with E-state index >= 15 is 0 Å². The second kappa shape index (κ2) is 6.22. The summed E-state index contributed by atoms with van der Waals surface area (Å²) in [5.74, 6) is 6.82. The molecule has 0 aliphatic carbocycles. The highest BCUT2D eigenvalue weighted by molar-refractivity contribution is 6.17. The molecule has 1 heterocycles. The molecule has 0 amide bonds. The first-order valence-electron chi connectivity index (χ1n) is 5.67. The minimum Gasteiger partial charge on any atom is -0.252 e. The van der Waals surface area contributed by atoms with Gasteiger partial charge in [0.2, 0.25) is 0 Å². The molecule has 0 aliphatic heterocycles. The molecule has 0 aliphatic rings. The Bertz CT molecular complexity index is 555. The van der Waals surface area contributed by atoms with Crippen molar-refractivity contribution in [2.75, 3.05) is 5.88 Å². The van der Waals surface area contributed by atoms with E-state index in [0.29, 0.717) is 5.88 Å². The Morgan fingerprint density at radius 2 is 1.94 bits per heavy atom. The summed E-state index contributed by atoms with van der Waals surface area (Å²) in [6, 6.07) is 7.80. The van der Waals surface area contributed by atoms with E-state index in [0.717, 1.165) is 36.0 Å². The molecule has 2 nitrogen and oxygen atoms in total. The molecule has 0 radical (unpaired) electrons. The number of fused-ring (bicyclic) bond motifs is 1. The second-order valence-corrected chi connectivity index (χ2v) is 4.07. The third-order valence-corrected chi connectivity index (χ3v) is 2.62. The smallest absolute Gasteiger partial charge is 0.132 e. The largest absolute Gasteiger partial charge is 0.252 e. The van der Waals surface area contributed by atoms with Crippen LogP contribution in [0.3, 0.4) is 0 Å². The summed E-state index contributed by atoms with van der Waals surface area (Å²) in [5, 5.41) is 0. The highest BCUT2D eigenvalue weighted by atomic mass is 35.5. The maximum atomic E-state index is 5.59. The first kappa shape index (κ1) is 11.9. The van der Waals surface area contributed by atoms with Gasteiger partial charge in [0.1, 0.15) is 5.69 Å². The summed E-state index contributed by atoms with van der Waals surface area (Å²) in [7, 11) is 0. The van der Waals surface area contributed by atoms with Crippen molar-refractivity contribution in [3.63, 3.8) is 0 Å². The minimum atomic E-state index is 0.706. The van der Waals surface area contributed by atoms with Crippen molar-refractivity contribution in [1.29, 1.82) is 0 Å². The highest BCUT2D eigenvalue weighted by Gasteiger charge is 1.95. The number of halogens is 1. The van der Waals surface area contributed by atoms with Crippen LogP contribution in [0, 0.1) is 11.8 Å². The van der Waals surface area contributed by atoms with Crippen molar-refractivity contribution in [3.8, 4) is 11.8 Å². The Morgan fingerprint density at radius 3 is 2.76 bits per heavy atom. The Kier molecular flexibility index (Phi) is 4.35. The first-order valence-corrected chi connectivity index (χ1v) is 6.20. The second-order valence-electron chi connectivity index (χ2n) is 3.69. The van der Waals surface area contributed by atoms with Crippen LogP contribution in [0.25, 0.3) is 11.0 Å². The molecule has 0 saturated carbocycles. The van der Waals surface area contributed by atoms with Crippen molar-refractivity contribution in [1.82, 2.24) is 9.97 Å². The monoisotopic (exact) mass is 244 g/mol. The van der Waals surface area contributed by atoms with Crippen molar-refractivity contribution in [2.45, 2.75) is 19.3 Å². The van der Waals surface area contributed by atoms with E-state index in [4.69, 9.17) is 11.6 Å². The number of nitrogens with zero attached hydrogens (tertiary/aromatic N) is 2. The molecule has 0 fully saturated rings. The van der Waals surface area contributed by atoms with Crippen LogP contribution in [0.15, 0.2) is 30.5 Å². The van der Waals surface area contributed by atoms with Crippen LogP contribution < -0.4 is 0 Å². The van der Waals surface area contributed by atoms with E-state index in [1.165, 1.54) is 0 Å². The number of hydrogen-bond acceptors (Lipinski definition) is 2. The summed E-state index contributed by atoms with van der Waals surface area (Å²) in [5.41, 5.74) is 2.52.